The van der Waals surface area contributed by atoms with Gasteiger partial charge in [0.05, 0.1) is 0 Å². The van der Waals surface area contributed by atoms with Gasteiger partial charge in [0.15, 0.2) is 0 Å². The first-order chi connectivity index (χ1) is 4.39. The zero-order valence-electron chi connectivity index (χ0n) is 5.89. The summed E-state index contributed by atoms with van der Waals surface area (Å²) < 4.78 is 1.41. The number of rotatable bonds is 0. The third kappa shape index (κ3) is 4.51. The second-order valence-corrected chi connectivity index (χ2v) is 3.01. The summed E-state index contributed by atoms with van der Waals surface area (Å²) in [6, 6.07) is 10.4. The van der Waals surface area contributed by atoms with Gasteiger partial charge in [-0.1, -0.05) is 13.8 Å². The summed E-state index contributed by atoms with van der Waals surface area (Å²) in [4.78, 5) is 0. The maximum atomic E-state index is 2.12. The van der Waals surface area contributed by atoms with Crippen LogP contribution in [0.1, 0.15) is 13.8 Å². The van der Waals surface area contributed by atoms with Gasteiger partial charge in [0.2, 0.25) is 0 Å². The topological polar surface area (TPSA) is 0 Å². The predicted octanol–water partition coefficient (Wildman–Crippen LogP) is 0.971. The Morgan fingerprint density at radius 3 is 1.67 bits per heavy atom. The Labute approximate surface area is 70.2 Å². The molecule has 1 heteroatoms. The minimum absolute atomic E-state index is 1.41. The summed E-state index contributed by atoms with van der Waals surface area (Å²) in [6.45, 7) is 4.00. The number of benzene rings is 1. The Kier molecular flexibility index (Phi) is 6.14. The first-order valence-electron chi connectivity index (χ1n) is 3.16. The molecule has 0 saturated carbocycles. The number of hydrogen-bond donors (Lipinski definition) is 0. The normalized spacial score (nSPS) is 7.44. The maximum absolute atomic E-state index is 2.12. The van der Waals surface area contributed by atoms with Gasteiger partial charge in [-0.2, -0.15) is 0 Å². The van der Waals surface area contributed by atoms with Gasteiger partial charge in [-0.3, -0.25) is 0 Å². The summed E-state index contributed by atoms with van der Waals surface area (Å²) in [6.07, 6.45) is 0. The van der Waals surface area contributed by atoms with Crippen LogP contribution in [-0.4, -0.2) is 22.3 Å². The van der Waals surface area contributed by atoms with Crippen molar-refractivity contribution in [1.82, 2.24) is 0 Å². The van der Waals surface area contributed by atoms with E-state index in [1.807, 2.05) is 19.9 Å². The Morgan fingerprint density at radius 2 is 1.44 bits per heavy atom. The summed E-state index contributed by atoms with van der Waals surface area (Å²) in [5.41, 5.74) is 0. The monoisotopic (exact) mass is 239 g/mol. The molecule has 0 atom stereocenters. The fourth-order valence-corrected chi connectivity index (χ4v) is 0.987. The third-order valence-corrected chi connectivity index (χ3v) is 1.73. The molecule has 9 heavy (non-hydrogen) atoms. The van der Waals surface area contributed by atoms with E-state index in [0.717, 1.165) is 0 Å². The molecule has 0 N–H and O–H groups in total. The molecule has 0 radical (unpaired) electrons. The standard InChI is InChI=1S/C6H6Te.C2H6/c7-6-4-2-1-3-5-6;1-2/h1-5,7H;1-2H3/p+1. The van der Waals surface area contributed by atoms with Crippen molar-refractivity contribution in [3.8, 4) is 0 Å². The molecule has 0 heterocycles. The molecule has 0 spiro atoms. The summed E-state index contributed by atoms with van der Waals surface area (Å²) in [7, 11) is 0. The first-order valence-corrected chi connectivity index (χ1v) is 4.59. The van der Waals surface area contributed by atoms with Crippen LogP contribution in [0.4, 0.5) is 0 Å². The van der Waals surface area contributed by atoms with Gasteiger partial charge in [0.1, 0.15) is 0 Å². The van der Waals surface area contributed by atoms with E-state index >= 15 is 0 Å². The fraction of sp³-hybridized carbons (Fsp3) is 0.250. The quantitative estimate of drug-likeness (QED) is 0.589. The van der Waals surface area contributed by atoms with E-state index in [9.17, 15) is 0 Å². The molecule has 0 amide bonds. The molecule has 0 saturated heterocycles. The van der Waals surface area contributed by atoms with Crippen LogP contribution in [0.5, 0.6) is 0 Å². The van der Waals surface area contributed by atoms with Crippen LogP contribution in [0.2, 0.25) is 0 Å². The van der Waals surface area contributed by atoms with E-state index in [1.165, 1.54) is 25.9 Å². The van der Waals surface area contributed by atoms with Crippen LogP contribution in [0.3, 0.4) is 0 Å². The van der Waals surface area contributed by atoms with E-state index in [-0.39, 0.29) is 0 Å². The molecule has 1 rings (SSSR count). The van der Waals surface area contributed by atoms with Gasteiger partial charge >= 0.3 is 56.2 Å². The zero-order chi connectivity index (χ0) is 7.11. The second-order valence-electron chi connectivity index (χ2n) is 1.37. The van der Waals surface area contributed by atoms with Gasteiger partial charge in [-0.15, -0.1) is 0 Å². The van der Waals surface area contributed by atoms with Gasteiger partial charge in [-0.05, 0) is 0 Å². The van der Waals surface area contributed by atoms with Crippen molar-refractivity contribution in [3.63, 3.8) is 0 Å². The molecule has 0 aromatic heterocycles. The average Bonchev–Trinajstić information content (AvgIpc) is 1.94. The molecule has 0 bridgehead atoms. The van der Waals surface area contributed by atoms with E-state index < -0.39 is 0 Å². The molecular weight excluding hydrogens is 224 g/mol. The van der Waals surface area contributed by atoms with Crippen LogP contribution in [0, 0.1) is 0 Å². The number of hydrogen-bond acceptors (Lipinski definition) is 0. The van der Waals surface area contributed by atoms with Crippen molar-refractivity contribution in [2.75, 3.05) is 0 Å². The fourth-order valence-electron chi connectivity index (χ4n) is 0.438. The van der Waals surface area contributed by atoms with Crippen LogP contribution in [0.25, 0.3) is 0 Å². The molecule has 0 aliphatic carbocycles. The Hall–Kier alpha value is 0.00961. The summed E-state index contributed by atoms with van der Waals surface area (Å²) in [5.74, 6) is 0. The van der Waals surface area contributed by atoms with Crippen molar-refractivity contribution in [2.24, 2.45) is 0 Å². The molecule has 0 unspecified atom stereocenters. The third-order valence-electron chi connectivity index (χ3n) is 0.774. The molecule has 1 aromatic rings. The van der Waals surface area contributed by atoms with E-state index in [4.69, 9.17) is 0 Å². The molecule has 0 nitrogen and oxygen atoms in total. The van der Waals surface area contributed by atoms with Crippen LogP contribution < -0.4 is 3.61 Å². The van der Waals surface area contributed by atoms with Crippen molar-refractivity contribution in [3.05, 3.63) is 30.3 Å². The summed E-state index contributed by atoms with van der Waals surface area (Å²) >= 11 is 1.49. The van der Waals surface area contributed by atoms with Crippen molar-refractivity contribution >= 4 is 25.9 Å². The Morgan fingerprint density at radius 1 is 1.00 bits per heavy atom. The first kappa shape index (κ1) is 9.01. The average molecular weight is 237 g/mol. The van der Waals surface area contributed by atoms with Crippen molar-refractivity contribution < 1.29 is 0 Å². The predicted molar refractivity (Wildman–Crippen MR) is 46.0 cm³/mol. The molecular formula is C8H13Te+. The zero-order valence-corrected chi connectivity index (χ0v) is 8.74. The van der Waals surface area contributed by atoms with Gasteiger partial charge in [0.25, 0.3) is 0 Å². The molecule has 1 aromatic carbocycles. The molecule has 0 aliphatic heterocycles. The van der Waals surface area contributed by atoms with Crippen LogP contribution in [-0.2, 0) is 0 Å². The summed E-state index contributed by atoms with van der Waals surface area (Å²) in [5, 5.41) is 0. The Balaban J connectivity index is 0.000000291. The SMILES string of the molecule is CC.[TeH2+]c1ccccc1. The van der Waals surface area contributed by atoms with E-state index in [0.29, 0.717) is 0 Å². The van der Waals surface area contributed by atoms with Crippen LogP contribution >= 0.6 is 0 Å². The van der Waals surface area contributed by atoms with E-state index in [1.54, 1.807) is 0 Å². The molecule has 50 valence electrons. The van der Waals surface area contributed by atoms with Gasteiger partial charge < -0.3 is 0 Å². The molecule has 0 aliphatic rings. The minimum atomic E-state index is 1.41. The van der Waals surface area contributed by atoms with E-state index in [2.05, 4.69) is 24.3 Å². The Bertz CT molecular complexity index is 134. The second kappa shape index (κ2) is 6.13. The van der Waals surface area contributed by atoms with Crippen LogP contribution in [0.15, 0.2) is 30.3 Å². The van der Waals surface area contributed by atoms with Crippen molar-refractivity contribution in [2.45, 2.75) is 13.8 Å². The van der Waals surface area contributed by atoms with Gasteiger partial charge in [0, 0.05) is 0 Å². The van der Waals surface area contributed by atoms with Gasteiger partial charge in [-0.25, -0.2) is 0 Å². The molecule has 0 fully saturated rings. The van der Waals surface area contributed by atoms with Crippen molar-refractivity contribution in [1.29, 1.82) is 0 Å².